The topological polar surface area (TPSA) is 50.2 Å². The summed E-state index contributed by atoms with van der Waals surface area (Å²) in [6.07, 6.45) is 6.27. The van der Waals surface area contributed by atoms with Crippen LogP contribution in [0.15, 0.2) is 24.5 Å². The van der Waals surface area contributed by atoms with Crippen LogP contribution in [0, 0.1) is 5.92 Å². The zero-order chi connectivity index (χ0) is 9.97. The fourth-order valence-corrected chi connectivity index (χ4v) is 2.27. The number of carboxylic acids is 1. The SMILES string of the molecule is O=C(O)C1CCCC1c1ccncc1. The Balaban J connectivity index is 2.22. The molecule has 1 aliphatic rings. The largest absolute Gasteiger partial charge is 0.481 e. The predicted molar refractivity (Wildman–Crippen MR) is 52.0 cm³/mol. The van der Waals surface area contributed by atoms with Crippen LogP contribution < -0.4 is 0 Å². The molecule has 1 N–H and O–H groups in total. The van der Waals surface area contributed by atoms with Crippen LogP contribution in [0.3, 0.4) is 0 Å². The lowest BCUT2D eigenvalue weighted by Crippen LogP contribution is -2.16. The van der Waals surface area contributed by atoms with Gasteiger partial charge in [-0.25, -0.2) is 0 Å². The lowest BCUT2D eigenvalue weighted by molar-refractivity contribution is -0.142. The second kappa shape index (κ2) is 3.78. The first-order valence-corrected chi connectivity index (χ1v) is 4.92. The molecule has 74 valence electrons. The van der Waals surface area contributed by atoms with E-state index >= 15 is 0 Å². The molecule has 0 aliphatic heterocycles. The second-order valence-electron chi connectivity index (χ2n) is 3.76. The van der Waals surface area contributed by atoms with Crippen molar-refractivity contribution < 1.29 is 9.90 Å². The minimum absolute atomic E-state index is 0.190. The number of nitrogens with zero attached hydrogens (tertiary/aromatic N) is 1. The molecule has 2 rings (SSSR count). The Kier molecular flexibility index (Phi) is 2.48. The molecule has 0 spiro atoms. The summed E-state index contributed by atoms with van der Waals surface area (Å²) in [4.78, 5) is 14.9. The van der Waals surface area contributed by atoms with Crippen molar-refractivity contribution in [1.82, 2.24) is 4.98 Å². The van der Waals surface area contributed by atoms with E-state index in [0.29, 0.717) is 0 Å². The molecule has 2 unspecified atom stereocenters. The fraction of sp³-hybridized carbons (Fsp3) is 0.455. The van der Waals surface area contributed by atoms with Gasteiger partial charge in [0.1, 0.15) is 0 Å². The van der Waals surface area contributed by atoms with Crippen LogP contribution in [-0.2, 0) is 4.79 Å². The number of hydrogen-bond donors (Lipinski definition) is 1. The van der Waals surface area contributed by atoms with Gasteiger partial charge in [0.15, 0.2) is 0 Å². The van der Waals surface area contributed by atoms with E-state index in [0.717, 1.165) is 24.8 Å². The van der Waals surface area contributed by atoms with E-state index in [-0.39, 0.29) is 11.8 Å². The fourth-order valence-electron chi connectivity index (χ4n) is 2.27. The third-order valence-corrected chi connectivity index (χ3v) is 2.97. The number of aromatic nitrogens is 1. The molecule has 1 aromatic rings. The number of carboxylic acid groups (broad SMARTS) is 1. The molecular formula is C11H13NO2. The van der Waals surface area contributed by atoms with E-state index in [1.807, 2.05) is 12.1 Å². The first kappa shape index (κ1) is 9.19. The van der Waals surface area contributed by atoms with Gasteiger partial charge in [0, 0.05) is 12.4 Å². The highest BCUT2D eigenvalue weighted by Crippen LogP contribution is 2.39. The summed E-state index contributed by atoms with van der Waals surface area (Å²) >= 11 is 0. The molecule has 0 bridgehead atoms. The molecule has 1 aromatic heterocycles. The molecule has 0 aromatic carbocycles. The number of carbonyl (C=O) groups is 1. The van der Waals surface area contributed by atoms with E-state index in [2.05, 4.69) is 4.98 Å². The molecule has 1 heterocycles. The zero-order valence-corrected chi connectivity index (χ0v) is 7.89. The van der Waals surface area contributed by atoms with Crippen LogP contribution in [0.4, 0.5) is 0 Å². The van der Waals surface area contributed by atoms with Crippen LogP contribution in [0.25, 0.3) is 0 Å². The van der Waals surface area contributed by atoms with Gasteiger partial charge >= 0.3 is 5.97 Å². The Labute approximate surface area is 82.8 Å². The maximum Gasteiger partial charge on any atom is 0.307 e. The van der Waals surface area contributed by atoms with Crippen molar-refractivity contribution in [3.8, 4) is 0 Å². The number of pyridine rings is 1. The Bertz CT molecular complexity index is 323. The highest BCUT2D eigenvalue weighted by Gasteiger charge is 2.33. The lowest BCUT2D eigenvalue weighted by atomic mass is 9.90. The third kappa shape index (κ3) is 1.62. The van der Waals surface area contributed by atoms with Crippen LogP contribution in [0.1, 0.15) is 30.7 Å². The van der Waals surface area contributed by atoms with E-state index < -0.39 is 5.97 Å². The second-order valence-corrected chi connectivity index (χ2v) is 3.76. The third-order valence-electron chi connectivity index (χ3n) is 2.97. The summed E-state index contributed by atoms with van der Waals surface area (Å²) in [5.74, 6) is -0.669. The Morgan fingerprint density at radius 1 is 1.36 bits per heavy atom. The van der Waals surface area contributed by atoms with Gasteiger partial charge in [-0.05, 0) is 36.5 Å². The zero-order valence-electron chi connectivity index (χ0n) is 7.89. The van der Waals surface area contributed by atoms with Crippen molar-refractivity contribution in [2.24, 2.45) is 5.92 Å². The van der Waals surface area contributed by atoms with Crippen molar-refractivity contribution in [2.75, 3.05) is 0 Å². The molecular weight excluding hydrogens is 178 g/mol. The van der Waals surface area contributed by atoms with Crippen molar-refractivity contribution >= 4 is 5.97 Å². The monoisotopic (exact) mass is 191 g/mol. The van der Waals surface area contributed by atoms with Gasteiger partial charge in [0.05, 0.1) is 5.92 Å². The molecule has 3 nitrogen and oxygen atoms in total. The Morgan fingerprint density at radius 3 is 2.71 bits per heavy atom. The molecule has 2 atom stereocenters. The van der Waals surface area contributed by atoms with Gasteiger partial charge in [-0.15, -0.1) is 0 Å². The average molecular weight is 191 g/mol. The molecule has 0 radical (unpaired) electrons. The smallest absolute Gasteiger partial charge is 0.307 e. The molecule has 3 heteroatoms. The summed E-state index contributed by atoms with van der Waals surface area (Å²) in [6.45, 7) is 0. The van der Waals surface area contributed by atoms with E-state index in [1.54, 1.807) is 12.4 Å². The minimum Gasteiger partial charge on any atom is -0.481 e. The van der Waals surface area contributed by atoms with E-state index in [9.17, 15) is 4.79 Å². The number of rotatable bonds is 2. The van der Waals surface area contributed by atoms with Crippen molar-refractivity contribution in [1.29, 1.82) is 0 Å². The highest BCUT2D eigenvalue weighted by molar-refractivity contribution is 5.71. The maximum atomic E-state index is 11.0. The van der Waals surface area contributed by atoms with Crippen LogP contribution in [0.2, 0.25) is 0 Å². The first-order valence-electron chi connectivity index (χ1n) is 4.92. The normalized spacial score (nSPS) is 26.3. The van der Waals surface area contributed by atoms with Gasteiger partial charge in [0.2, 0.25) is 0 Å². The summed E-state index contributed by atoms with van der Waals surface area (Å²) in [7, 11) is 0. The van der Waals surface area contributed by atoms with Crippen molar-refractivity contribution in [2.45, 2.75) is 25.2 Å². The van der Waals surface area contributed by atoms with Gasteiger partial charge in [0.25, 0.3) is 0 Å². The Hall–Kier alpha value is -1.38. The van der Waals surface area contributed by atoms with Crippen LogP contribution >= 0.6 is 0 Å². The molecule has 0 saturated heterocycles. The number of hydrogen-bond acceptors (Lipinski definition) is 2. The quantitative estimate of drug-likeness (QED) is 0.778. The molecule has 1 aliphatic carbocycles. The molecule has 1 saturated carbocycles. The minimum atomic E-state index is -0.663. The predicted octanol–water partition coefficient (Wildman–Crippen LogP) is 2.05. The highest BCUT2D eigenvalue weighted by atomic mass is 16.4. The summed E-state index contributed by atoms with van der Waals surface area (Å²) < 4.78 is 0. The summed E-state index contributed by atoms with van der Waals surface area (Å²) in [6, 6.07) is 3.85. The Morgan fingerprint density at radius 2 is 2.07 bits per heavy atom. The van der Waals surface area contributed by atoms with Gasteiger partial charge in [-0.1, -0.05) is 6.42 Å². The molecule has 1 fully saturated rings. The molecule has 14 heavy (non-hydrogen) atoms. The van der Waals surface area contributed by atoms with Crippen molar-refractivity contribution in [3.05, 3.63) is 30.1 Å². The first-order chi connectivity index (χ1) is 6.79. The van der Waals surface area contributed by atoms with Gasteiger partial charge < -0.3 is 5.11 Å². The average Bonchev–Trinajstić information content (AvgIpc) is 2.67. The van der Waals surface area contributed by atoms with Crippen molar-refractivity contribution in [3.63, 3.8) is 0 Å². The van der Waals surface area contributed by atoms with E-state index in [4.69, 9.17) is 5.11 Å². The van der Waals surface area contributed by atoms with Crippen LogP contribution in [-0.4, -0.2) is 16.1 Å². The molecule has 0 amide bonds. The lowest BCUT2D eigenvalue weighted by Gasteiger charge is -2.15. The van der Waals surface area contributed by atoms with Gasteiger partial charge in [-0.2, -0.15) is 0 Å². The van der Waals surface area contributed by atoms with E-state index in [1.165, 1.54) is 0 Å². The van der Waals surface area contributed by atoms with Gasteiger partial charge in [-0.3, -0.25) is 9.78 Å². The van der Waals surface area contributed by atoms with Crippen LogP contribution in [0.5, 0.6) is 0 Å². The number of aliphatic carboxylic acids is 1. The summed E-state index contributed by atoms with van der Waals surface area (Å²) in [5, 5.41) is 9.03. The summed E-state index contributed by atoms with van der Waals surface area (Å²) in [5.41, 5.74) is 1.12. The standard InChI is InChI=1S/C11H13NO2/c13-11(14)10-3-1-2-9(10)8-4-6-12-7-5-8/h4-7,9-10H,1-3H2,(H,13,14). The maximum absolute atomic E-state index is 11.0.